The van der Waals surface area contributed by atoms with E-state index in [1.54, 1.807) is 11.6 Å². The Morgan fingerprint density at radius 2 is 2.16 bits per heavy atom. The van der Waals surface area contributed by atoms with Crippen molar-refractivity contribution in [3.63, 3.8) is 0 Å². The molecule has 0 saturated heterocycles. The van der Waals surface area contributed by atoms with Gasteiger partial charge in [-0.05, 0) is 13.8 Å². The van der Waals surface area contributed by atoms with Crippen molar-refractivity contribution in [1.82, 2.24) is 9.78 Å². The van der Waals surface area contributed by atoms with E-state index in [9.17, 15) is 4.79 Å². The number of ether oxygens (including phenoxy) is 3. The van der Waals surface area contributed by atoms with Gasteiger partial charge in [-0.3, -0.25) is 4.68 Å². The summed E-state index contributed by atoms with van der Waals surface area (Å²) < 4.78 is 17.4. The van der Waals surface area contributed by atoms with Crippen LogP contribution in [-0.4, -0.2) is 28.1 Å². The SMILES string of the molecule is CCOC(=O)c1cnn(CCC2(C)OC=CO2)c1C. The summed E-state index contributed by atoms with van der Waals surface area (Å²) in [6, 6.07) is 0. The Bertz CT molecular complexity index is 485. The second kappa shape index (κ2) is 5.34. The number of hydrogen-bond acceptors (Lipinski definition) is 5. The Morgan fingerprint density at radius 1 is 1.47 bits per heavy atom. The molecule has 1 aliphatic rings. The monoisotopic (exact) mass is 266 g/mol. The Morgan fingerprint density at radius 3 is 2.79 bits per heavy atom. The van der Waals surface area contributed by atoms with Crippen LogP contribution in [0.1, 0.15) is 36.3 Å². The topological polar surface area (TPSA) is 62.6 Å². The highest BCUT2D eigenvalue weighted by Gasteiger charge is 2.29. The van der Waals surface area contributed by atoms with Crippen LogP contribution in [0.2, 0.25) is 0 Å². The van der Waals surface area contributed by atoms with Gasteiger partial charge in [-0.2, -0.15) is 5.10 Å². The van der Waals surface area contributed by atoms with E-state index in [0.29, 0.717) is 25.1 Å². The van der Waals surface area contributed by atoms with Crippen molar-refractivity contribution < 1.29 is 19.0 Å². The molecule has 19 heavy (non-hydrogen) atoms. The third-order valence-corrected chi connectivity index (χ3v) is 3.07. The van der Waals surface area contributed by atoms with Crippen LogP contribution in [0.15, 0.2) is 18.7 Å². The van der Waals surface area contributed by atoms with Gasteiger partial charge in [-0.15, -0.1) is 0 Å². The van der Waals surface area contributed by atoms with Crippen molar-refractivity contribution in [3.8, 4) is 0 Å². The van der Waals surface area contributed by atoms with Gasteiger partial charge < -0.3 is 14.2 Å². The van der Waals surface area contributed by atoms with Crippen LogP contribution in [0.5, 0.6) is 0 Å². The fourth-order valence-corrected chi connectivity index (χ4v) is 1.88. The lowest BCUT2D eigenvalue weighted by atomic mass is 10.2. The highest BCUT2D eigenvalue weighted by Crippen LogP contribution is 2.24. The van der Waals surface area contributed by atoms with Crippen LogP contribution in [0.3, 0.4) is 0 Å². The van der Waals surface area contributed by atoms with Crippen LogP contribution in [0, 0.1) is 6.92 Å². The lowest BCUT2D eigenvalue weighted by molar-refractivity contribution is -0.133. The molecule has 0 unspecified atom stereocenters. The Balaban J connectivity index is 2.00. The summed E-state index contributed by atoms with van der Waals surface area (Å²) in [6.07, 6.45) is 5.22. The maximum Gasteiger partial charge on any atom is 0.341 e. The molecule has 1 aliphatic heterocycles. The number of rotatable bonds is 5. The van der Waals surface area contributed by atoms with E-state index in [0.717, 1.165) is 5.69 Å². The van der Waals surface area contributed by atoms with Gasteiger partial charge in [0, 0.05) is 25.6 Å². The lowest BCUT2D eigenvalue weighted by Crippen LogP contribution is -2.27. The molecule has 0 aliphatic carbocycles. The van der Waals surface area contributed by atoms with E-state index in [2.05, 4.69) is 5.10 Å². The quantitative estimate of drug-likeness (QED) is 0.763. The molecule has 0 aromatic carbocycles. The van der Waals surface area contributed by atoms with Crippen molar-refractivity contribution in [2.24, 2.45) is 0 Å². The van der Waals surface area contributed by atoms with E-state index in [-0.39, 0.29) is 5.97 Å². The molecule has 0 fully saturated rings. The summed E-state index contributed by atoms with van der Waals surface area (Å²) >= 11 is 0. The fourth-order valence-electron chi connectivity index (χ4n) is 1.88. The molecule has 1 aromatic heterocycles. The summed E-state index contributed by atoms with van der Waals surface area (Å²) in [6.45, 7) is 6.44. The van der Waals surface area contributed by atoms with Gasteiger partial charge >= 0.3 is 5.97 Å². The van der Waals surface area contributed by atoms with Gasteiger partial charge in [-0.25, -0.2) is 4.79 Å². The standard InChI is InChI=1S/C13H18N2O4/c1-4-17-12(16)11-9-14-15(10(11)2)6-5-13(3)18-7-8-19-13/h7-9H,4-6H2,1-3H3. The summed E-state index contributed by atoms with van der Waals surface area (Å²) in [5.74, 6) is -0.991. The van der Waals surface area contributed by atoms with Crippen LogP contribution < -0.4 is 0 Å². The zero-order valence-corrected chi connectivity index (χ0v) is 11.4. The molecule has 0 spiro atoms. The number of carbonyl (C=O) groups is 1. The Hall–Kier alpha value is -1.98. The third-order valence-electron chi connectivity index (χ3n) is 3.07. The molecule has 1 aromatic rings. The van der Waals surface area contributed by atoms with E-state index >= 15 is 0 Å². The summed E-state index contributed by atoms with van der Waals surface area (Å²) in [5, 5.41) is 4.20. The summed E-state index contributed by atoms with van der Waals surface area (Å²) in [4.78, 5) is 11.7. The maximum atomic E-state index is 11.7. The molecule has 0 N–H and O–H groups in total. The van der Waals surface area contributed by atoms with Crippen molar-refractivity contribution >= 4 is 5.97 Å². The van der Waals surface area contributed by atoms with Crippen LogP contribution >= 0.6 is 0 Å². The smallest absolute Gasteiger partial charge is 0.341 e. The number of carbonyl (C=O) groups excluding carboxylic acids is 1. The largest absolute Gasteiger partial charge is 0.462 e. The fraction of sp³-hybridized carbons (Fsp3) is 0.538. The Labute approximate surface area is 111 Å². The van der Waals surface area contributed by atoms with Crippen LogP contribution in [0.25, 0.3) is 0 Å². The third kappa shape index (κ3) is 2.89. The van der Waals surface area contributed by atoms with Crippen LogP contribution in [-0.2, 0) is 20.8 Å². The highest BCUT2D eigenvalue weighted by molar-refractivity contribution is 5.90. The lowest BCUT2D eigenvalue weighted by Gasteiger charge is -2.22. The van der Waals surface area contributed by atoms with Crippen molar-refractivity contribution in [2.75, 3.05) is 6.61 Å². The molecular weight excluding hydrogens is 248 g/mol. The molecule has 0 saturated carbocycles. The predicted molar refractivity (Wildman–Crippen MR) is 67.3 cm³/mol. The zero-order valence-electron chi connectivity index (χ0n) is 11.4. The second-order valence-corrected chi connectivity index (χ2v) is 4.48. The molecular formula is C13H18N2O4. The van der Waals surface area contributed by atoms with Crippen LogP contribution in [0.4, 0.5) is 0 Å². The predicted octanol–water partition coefficient (Wildman–Crippen LogP) is 1.99. The van der Waals surface area contributed by atoms with Gasteiger partial charge in [-0.1, -0.05) is 0 Å². The molecule has 6 heteroatoms. The molecule has 104 valence electrons. The van der Waals surface area contributed by atoms with Gasteiger partial charge in [0.1, 0.15) is 18.1 Å². The molecule has 6 nitrogen and oxygen atoms in total. The van der Waals surface area contributed by atoms with E-state index < -0.39 is 5.79 Å². The first kappa shape index (κ1) is 13.5. The van der Waals surface area contributed by atoms with Gasteiger partial charge in [0.15, 0.2) is 0 Å². The first-order valence-electron chi connectivity index (χ1n) is 6.26. The number of aryl methyl sites for hydroxylation is 1. The normalized spacial score (nSPS) is 15.9. The average Bonchev–Trinajstić information content (AvgIpc) is 2.95. The summed E-state index contributed by atoms with van der Waals surface area (Å²) in [5.41, 5.74) is 1.28. The van der Waals surface area contributed by atoms with Gasteiger partial charge in [0.25, 0.3) is 0 Å². The minimum Gasteiger partial charge on any atom is -0.462 e. The molecule has 2 heterocycles. The van der Waals surface area contributed by atoms with Gasteiger partial charge in [0.05, 0.1) is 12.8 Å². The van der Waals surface area contributed by atoms with E-state index in [1.807, 2.05) is 13.8 Å². The Kier molecular flexibility index (Phi) is 3.78. The van der Waals surface area contributed by atoms with E-state index in [1.165, 1.54) is 18.7 Å². The molecule has 0 atom stereocenters. The van der Waals surface area contributed by atoms with Crippen molar-refractivity contribution in [1.29, 1.82) is 0 Å². The molecule has 0 bridgehead atoms. The first-order valence-corrected chi connectivity index (χ1v) is 6.26. The summed E-state index contributed by atoms with van der Waals surface area (Å²) in [7, 11) is 0. The molecule has 0 radical (unpaired) electrons. The average molecular weight is 266 g/mol. The van der Waals surface area contributed by atoms with Gasteiger partial charge in [0.2, 0.25) is 5.79 Å². The van der Waals surface area contributed by atoms with E-state index in [4.69, 9.17) is 14.2 Å². The molecule has 2 rings (SSSR count). The minimum absolute atomic E-state index is 0.340. The number of aromatic nitrogens is 2. The number of hydrogen-bond donors (Lipinski definition) is 0. The van der Waals surface area contributed by atoms with Crippen molar-refractivity contribution in [2.45, 2.75) is 39.5 Å². The maximum absolute atomic E-state index is 11.7. The second-order valence-electron chi connectivity index (χ2n) is 4.48. The van der Waals surface area contributed by atoms with Crippen molar-refractivity contribution in [3.05, 3.63) is 30.0 Å². The number of nitrogens with zero attached hydrogens (tertiary/aromatic N) is 2. The minimum atomic E-state index is -0.650. The zero-order chi connectivity index (χ0) is 13.9. The number of esters is 1. The first-order chi connectivity index (χ1) is 9.06. The highest BCUT2D eigenvalue weighted by atomic mass is 16.7. The molecule has 0 amide bonds.